The van der Waals surface area contributed by atoms with Gasteiger partial charge in [-0.2, -0.15) is 0 Å². The summed E-state index contributed by atoms with van der Waals surface area (Å²) in [4.78, 5) is 35.6. The van der Waals surface area contributed by atoms with Crippen LogP contribution < -0.4 is 10.1 Å². The maximum Gasteiger partial charge on any atom is 0.307 e. The monoisotopic (exact) mass is 387 g/mol. The number of likely N-dealkylation sites (tertiary alicyclic amines) is 1. The van der Waals surface area contributed by atoms with E-state index in [1.807, 2.05) is 4.90 Å². The molecule has 1 aliphatic rings. The summed E-state index contributed by atoms with van der Waals surface area (Å²) in [6, 6.07) is 4.21. The zero-order chi connectivity index (χ0) is 18.4. The summed E-state index contributed by atoms with van der Waals surface area (Å²) in [7, 11) is 1.40. The van der Waals surface area contributed by atoms with E-state index < -0.39 is 16.8 Å². The van der Waals surface area contributed by atoms with Crippen molar-refractivity contribution in [3.63, 3.8) is 0 Å². The van der Waals surface area contributed by atoms with Gasteiger partial charge in [0.25, 0.3) is 5.69 Å². The highest BCUT2D eigenvalue weighted by atomic mass is 35.5. The largest absolute Gasteiger partial charge is 0.496 e. The van der Waals surface area contributed by atoms with Crippen molar-refractivity contribution in [3.8, 4) is 5.75 Å². The van der Waals surface area contributed by atoms with Crippen LogP contribution in [0.4, 0.5) is 11.4 Å². The summed E-state index contributed by atoms with van der Waals surface area (Å²) in [6.45, 7) is 1.59. The number of anilines is 1. The Bertz CT molecular complexity index is 669. The van der Waals surface area contributed by atoms with Gasteiger partial charge in [-0.3, -0.25) is 19.7 Å². The Morgan fingerprint density at radius 2 is 2.19 bits per heavy atom. The van der Waals surface area contributed by atoms with Crippen molar-refractivity contribution in [2.24, 2.45) is 5.92 Å². The molecule has 1 aliphatic heterocycles. The number of carbonyl (C=O) groups excluding carboxylic acids is 1. The molecule has 9 nitrogen and oxygen atoms in total. The predicted octanol–water partition coefficient (Wildman–Crippen LogP) is 2.15. The molecule has 0 aromatic heterocycles. The number of nitrogens with zero attached hydrogens (tertiary/aromatic N) is 2. The topological polar surface area (TPSA) is 122 Å². The molecule has 0 aliphatic carbocycles. The highest BCUT2D eigenvalue weighted by molar-refractivity contribution is 5.93. The zero-order valence-electron chi connectivity index (χ0n) is 14.3. The molecule has 1 amide bonds. The van der Waals surface area contributed by atoms with Crippen LogP contribution in [0.15, 0.2) is 18.2 Å². The maximum absolute atomic E-state index is 12.1. The van der Waals surface area contributed by atoms with E-state index in [0.717, 1.165) is 13.0 Å². The van der Waals surface area contributed by atoms with Crippen LogP contribution in [0, 0.1) is 16.0 Å². The van der Waals surface area contributed by atoms with Gasteiger partial charge < -0.3 is 20.1 Å². The first-order valence-corrected chi connectivity index (χ1v) is 7.98. The number of amides is 1. The molecule has 1 saturated heterocycles. The normalized spacial score (nSPS) is 17.0. The van der Waals surface area contributed by atoms with E-state index in [9.17, 15) is 19.7 Å². The first-order valence-electron chi connectivity index (χ1n) is 7.98. The van der Waals surface area contributed by atoms with Crippen LogP contribution in [0.1, 0.15) is 19.3 Å². The van der Waals surface area contributed by atoms with Gasteiger partial charge in [-0.1, -0.05) is 0 Å². The average molecular weight is 388 g/mol. The lowest BCUT2D eigenvalue weighted by molar-refractivity contribution is -0.384. The summed E-state index contributed by atoms with van der Waals surface area (Å²) in [5.41, 5.74) is -0.130. The lowest BCUT2D eigenvalue weighted by atomic mass is 9.98. The number of nitro groups is 1. The fraction of sp³-hybridized carbons (Fsp3) is 0.500. The lowest BCUT2D eigenvalue weighted by Gasteiger charge is -2.30. The van der Waals surface area contributed by atoms with Crippen LogP contribution in [0.3, 0.4) is 0 Å². The van der Waals surface area contributed by atoms with Crippen molar-refractivity contribution in [2.45, 2.75) is 19.3 Å². The molecule has 1 fully saturated rings. The number of ether oxygens (including phenoxy) is 1. The van der Waals surface area contributed by atoms with Crippen LogP contribution in [0.2, 0.25) is 0 Å². The lowest BCUT2D eigenvalue weighted by Crippen LogP contribution is -2.40. The number of carboxylic acid groups (broad SMARTS) is 1. The highest BCUT2D eigenvalue weighted by Gasteiger charge is 2.25. The van der Waals surface area contributed by atoms with Gasteiger partial charge in [-0.15, -0.1) is 12.4 Å². The van der Waals surface area contributed by atoms with Gasteiger partial charge in [0, 0.05) is 19.5 Å². The predicted molar refractivity (Wildman–Crippen MR) is 96.9 cm³/mol. The minimum Gasteiger partial charge on any atom is -0.496 e. The van der Waals surface area contributed by atoms with E-state index in [2.05, 4.69) is 5.32 Å². The van der Waals surface area contributed by atoms with E-state index in [1.54, 1.807) is 0 Å². The zero-order valence-corrected chi connectivity index (χ0v) is 15.2. The van der Waals surface area contributed by atoms with Gasteiger partial charge >= 0.3 is 5.97 Å². The quantitative estimate of drug-likeness (QED) is 0.542. The standard InChI is InChI=1S/C16H21N3O6.ClH/c1-25-12-4-5-13(14(9-12)19(23)24)17-15(20)6-8-18-7-2-3-11(10-18)16(21)22;/h4-5,9,11H,2-3,6-8,10H2,1H3,(H,17,20)(H,21,22);1H. The van der Waals surface area contributed by atoms with Crippen molar-refractivity contribution in [1.29, 1.82) is 0 Å². The molecule has 10 heteroatoms. The molecule has 2 rings (SSSR count). The first kappa shape index (κ1) is 21.7. The Labute approximate surface area is 156 Å². The number of rotatable bonds is 7. The van der Waals surface area contributed by atoms with Crippen LogP contribution in [-0.2, 0) is 9.59 Å². The summed E-state index contributed by atoms with van der Waals surface area (Å²) in [5, 5.41) is 22.7. The Morgan fingerprint density at radius 3 is 2.81 bits per heavy atom. The molecule has 1 unspecified atom stereocenters. The molecular formula is C16H22ClN3O6. The molecule has 2 N–H and O–H groups in total. The van der Waals surface area contributed by atoms with Crippen LogP contribution >= 0.6 is 12.4 Å². The number of aliphatic carboxylic acids is 1. The Hall–Kier alpha value is -2.39. The Kier molecular flexibility index (Phi) is 8.27. The van der Waals surface area contributed by atoms with Gasteiger partial charge in [0.05, 0.1) is 24.0 Å². The third-order valence-electron chi connectivity index (χ3n) is 4.19. The third kappa shape index (κ3) is 5.85. The van der Waals surface area contributed by atoms with E-state index in [-0.39, 0.29) is 36.1 Å². The van der Waals surface area contributed by atoms with Crippen molar-refractivity contribution in [2.75, 3.05) is 32.1 Å². The molecule has 26 heavy (non-hydrogen) atoms. The average Bonchev–Trinajstić information content (AvgIpc) is 2.60. The van der Waals surface area contributed by atoms with E-state index in [1.165, 1.54) is 25.3 Å². The number of nitro benzene ring substituents is 1. The first-order chi connectivity index (χ1) is 11.9. The van der Waals surface area contributed by atoms with E-state index in [0.29, 0.717) is 25.3 Å². The molecule has 0 saturated carbocycles. The van der Waals surface area contributed by atoms with Crippen LogP contribution in [0.5, 0.6) is 5.75 Å². The number of carbonyl (C=O) groups is 2. The van der Waals surface area contributed by atoms with Gasteiger partial charge in [0.15, 0.2) is 0 Å². The number of piperidine rings is 1. The summed E-state index contributed by atoms with van der Waals surface area (Å²) in [5.74, 6) is -1.24. The summed E-state index contributed by atoms with van der Waals surface area (Å²) in [6.07, 6.45) is 1.56. The summed E-state index contributed by atoms with van der Waals surface area (Å²) >= 11 is 0. The fourth-order valence-corrected chi connectivity index (χ4v) is 2.83. The molecule has 144 valence electrons. The molecule has 0 bridgehead atoms. The van der Waals surface area contributed by atoms with E-state index in [4.69, 9.17) is 9.84 Å². The van der Waals surface area contributed by atoms with Crippen molar-refractivity contribution < 1.29 is 24.4 Å². The second kappa shape index (κ2) is 9.93. The van der Waals surface area contributed by atoms with Crippen molar-refractivity contribution in [3.05, 3.63) is 28.3 Å². The number of carboxylic acids is 1. The van der Waals surface area contributed by atoms with Crippen molar-refractivity contribution >= 4 is 35.7 Å². The molecule has 0 spiro atoms. The molecule has 1 aromatic rings. The molecule has 1 atom stereocenters. The number of methoxy groups -OCH3 is 1. The number of nitrogens with one attached hydrogen (secondary N) is 1. The second-order valence-electron chi connectivity index (χ2n) is 5.92. The van der Waals surface area contributed by atoms with Gasteiger partial charge in [-0.05, 0) is 31.5 Å². The van der Waals surface area contributed by atoms with Crippen molar-refractivity contribution in [1.82, 2.24) is 4.90 Å². The van der Waals surface area contributed by atoms with Crippen LogP contribution in [-0.4, -0.2) is 53.6 Å². The van der Waals surface area contributed by atoms with Gasteiger partial charge in [0.1, 0.15) is 11.4 Å². The molecule has 1 heterocycles. The minimum atomic E-state index is -0.817. The third-order valence-corrected chi connectivity index (χ3v) is 4.19. The highest BCUT2D eigenvalue weighted by Crippen LogP contribution is 2.29. The van der Waals surface area contributed by atoms with Gasteiger partial charge in [0.2, 0.25) is 5.91 Å². The number of halogens is 1. The smallest absolute Gasteiger partial charge is 0.307 e. The van der Waals surface area contributed by atoms with Crippen LogP contribution in [0.25, 0.3) is 0 Å². The van der Waals surface area contributed by atoms with E-state index >= 15 is 0 Å². The number of hydrogen-bond donors (Lipinski definition) is 2. The Morgan fingerprint density at radius 1 is 1.46 bits per heavy atom. The molecule has 1 aromatic carbocycles. The number of hydrogen-bond acceptors (Lipinski definition) is 6. The fourth-order valence-electron chi connectivity index (χ4n) is 2.83. The molecular weight excluding hydrogens is 366 g/mol. The second-order valence-corrected chi connectivity index (χ2v) is 5.92. The maximum atomic E-state index is 12.1. The van der Waals surface area contributed by atoms with Gasteiger partial charge in [-0.25, -0.2) is 0 Å². The summed E-state index contributed by atoms with van der Waals surface area (Å²) < 4.78 is 4.95. The Balaban J connectivity index is 0.00000338. The molecule has 0 radical (unpaired) electrons. The number of benzene rings is 1. The SMILES string of the molecule is COc1ccc(NC(=O)CCN2CCCC(C(=O)O)C2)c([N+](=O)[O-])c1.Cl. The minimum absolute atomic E-state index is 0.